The number of anilines is 2. The molecule has 4 rings (SSSR count). The van der Waals surface area contributed by atoms with Gasteiger partial charge < -0.3 is 9.64 Å². The Kier molecular flexibility index (Phi) is 3.42. The molecule has 6 nitrogen and oxygen atoms in total. The van der Waals surface area contributed by atoms with E-state index < -0.39 is 0 Å². The van der Waals surface area contributed by atoms with Crippen molar-refractivity contribution in [3.8, 4) is 5.75 Å². The second kappa shape index (κ2) is 5.72. The fourth-order valence-corrected chi connectivity index (χ4v) is 2.64. The molecule has 0 spiro atoms. The van der Waals surface area contributed by atoms with Crippen molar-refractivity contribution in [3.05, 3.63) is 59.9 Å². The van der Waals surface area contributed by atoms with Crippen LogP contribution in [0.2, 0.25) is 0 Å². The van der Waals surface area contributed by atoms with E-state index in [0.29, 0.717) is 19.7 Å². The van der Waals surface area contributed by atoms with Crippen LogP contribution < -0.4 is 9.64 Å². The van der Waals surface area contributed by atoms with E-state index >= 15 is 0 Å². The minimum atomic E-state index is 0.611. The average molecular weight is 307 g/mol. The Morgan fingerprint density at radius 1 is 1.09 bits per heavy atom. The van der Waals surface area contributed by atoms with E-state index in [1.54, 1.807) is 0 Å². The molecule has 0 N–H and O–H groups in total. The molecule has 116 valence electrons. The molecule has 1 aromatic carbocycles. The van der Waals surface area contributed by atoms with E-state index in [2.05, 4.69) is 27.4 Å². The Labute approximate surface area is 134 Å². The maximum atomic E-state index is 5.74. The normalized spacial score (nSPS) is 13.5. The third-order valence-electron chi connectivity index (χ3n) is 3.79. The Balaban J connectivity index is 1.64. The number of nitrogens with zero attached hydrogens (tertiary/aromatic N) is 5. The summed E-state index contributed by atoms with van der Waals surface area (Å²) in [6.07, 6.45) is 1.94. The minimum Gasteiger partial charge on any atom is -0.486 e. The summed E-state index contributed by atoms with van der Waals surface area (Å²) in [7, 11) is 0. The monoisotopic (exact) mass is 307 g/mol. The molecule has 0 saturated heterocycles. The van der Waals surface area contributed by atoms with Crippen LogP contribution in [0, 0.1) is 6.92 Å². The van der Waals surface area contributed by atoms with Gasteiger partial charge >= 0.3 is 0 Å². The molecule has 0 bridgehead atoms. The van der Waals surface area contributed by atoms with Crippen LogP contribution in [0.3, 0.4) is 0 Å². The maximum Gasteiger partial charge on any atom is 0.198 e. The molecule has 0 unspecified atom stereocenters. The number of rotatable bonds is 3. The fraction of sp³-hybridized carbons (Fsp3) is 0.235. The molecule has 0 radical (unpaired) electrons. The smallest absolute Gasteiger partial charge is 0.198 e. The van der Waals surface area contributed by atoms with Gasteiger partial charge in [-0.3, -0.25) is 4.68 Å². The molecule has 2 aromatic heterocycles. The van der Waals surface area contributed by atoms with Crippen LogP contribution in [-0.4, -0.2) is 33.1 Å². The summed E-state index contributed by atoms with van der Waals surface area (Å²) >= 11 is 0. The SMILES string of the molecule is Cc1ccc(N2CCOc3cn(Cc4ccccc4)nc32)nn1. The second-order valence-electron chi connectivity index (χ2n) is 5.53. The van der Waals surface area contributed by atoms with Crippen molar-refractivity contribution in [2.75, 3.05) is 18.1 Å². The molecule has 23 heavy (non-hydrogen) atoms. The first-order valence-electron chi connectivity index (χ1n) is 7.62. The van der Waals surface area contributed by atoms with Crippen molar-refractivity contribution >= 4 is 11.6 Å². The van der Waals surface area contributed by atoms with E-state index in [1.807, 2.05) is 53.0 Å². The first-order valence-corrected chi connectivity index (χ1v) is 7.62. The summed E-state index contributed by atoms with van der Waals surface area (Å²) in [6.45, 7) is 3.97. The third-order valence-corrected chi connectivity index (χ3v) is 3.79. The summed E-state index contributed by atoms with van der Waals surface area (Å²) in [5.41, 5.74) is 2.10. The molecule has 6 heteroatoms. The highest BCUT2D eigenvalue weighted by atomic mass is 16.5. The third kappa shape index (κ3) is 2.75. The summed E-state index contributed by atoms with van der Waals surface area (Å²) in [6, 6.07) is 14.2. The second-order valence-corrected chi connectivity index (χ2v) is 5.53. The van der Waals surface area contributed by atoms with Gasteiger partial charge in [0.2, 0.25) is 0 Å². The van der Waals surface area contributed by atoms with Crippen molar-refractivity contribution in [2.45, 2.75) is 13.5 Å². The zero-order valence-electron chi connectivity index (χ0n) is 12.9. The molecular formula is C17H17N5O. The number of aryl methyl sites for hydroxylation is 1. The first-order chi connectivity index (χ1) is 11.3. The highest BCUT2D eigenvalue weighted by Gasteiger charge is 2.24. The van der Waals surface area contributed by atoms with Crippen LogP contribution in [-0.2, 0) is 6.54 Å². The van der Waals surface area contributed by atoms with Gasteiger partial charge in [-0.15, -0.1) is 5.10 Å². The van der Waals surface area contributed by atoms with Crippen molar-refractivity contribution in [3.63, 3.8) is 0 Å². The molecule has 3 aromatic rings. The van der Waals surface area contributed by atoms with Crippen molar-refractivity contribution in [1.82, 2.24) is 20.0 Å². The Morgan fingerprint density at radius 3 is 2.74 bits per heavy atom. The molecule has 3 heterocycles. The van der Waals surface area contributed by atoms with Crippen LogP contribution >= 0.6 is 0 Å². The molecule has 0 aliphatic carbocycles. The highest BCUT2D eigenvalue weighted by Crippen LogP contribution is 2.34. The minimum absolute atomic E-state index is 0.611. The summed E-state index contributed by atoms with van der Waals surface area (Å²) in [4.78, 5) is 2.05. The van der Waals surface area contributed by atoms with E-state index in [1.165, 1.54) is 5.56 Å². The maximum absolute atomic E-state index is 5.74. The van der Waals surface area contributed by atoms with Crippen molar-refractivity contribution in [2.24, 2.45) is 0 Å². The molecule has 1 aliphatic heterocycles. The van der Waals surface area contributed by atoms with Crippen LogP contribution in [0.15, 0.2) is 48.7 Å². The number of ether oxygens (including phenoxy) is 1. The first kappa shape index (κ1) is 13.8. The zero-order valence-corrected chi connectivity index (χ0v) is 12.9. The number of benzene rings is 1. The van der Waals surface area contributed by atoms with Gasteiger partial charge in [0, 0.05) is 0 Å². The number of hydrogen-bond donors (Lipinski definition) is 0. The number of hydrogen-bond acceptors (Lipinski definition) is 5. The summed E-state index contributed by atoms with van der Waals surface area (Å²) in [5.74, 6) is 2.38. The van der Waals surface area contributed by atoms with Crippen LogP contribution in [0.1, 0.15) is 11.3 Å². The highest BCUT2D eigenvalue weighted by molar-refractivity contribution is 5.63. The van der Waals surface area contributed by atoms with Crippen LogP contribution in [0.25, 0.3) is 0 Å². The standard InChI is InChI=1S/C17H17N5O/c1-13-7-8-16(19-18-13)22-9-10-23-15-12-21(20-17(15)22)11-14-5-3-2-4-6-14/h2-8,12H,9-11H2,1H3. The van der Waals surface area contributed by atoms with E-state index in [0.717, 1.165) is 23.1 Å². The van der Waals surface area contributed by atoms with Gasteiger partial charge in [0.25, 0.3) is 0 Å². The Morgan fingerprint density at radius 2 is 1.96 bits per heavy atom. The lowest BCUT2D eigenvalue weighted by atomic mass is 10.2. The van der Waals surface area contributed by atoms with Gasteiger partial charge in [-0.05, 0) is 24.6 Å². The van der Waals surface area contributed by atoms with E-state index in [-0.39, 0.29) is 0 Å². The Bertz CT molecular complexity index is 798. The lowest BCUT2D eigenvalue weighted by Crippen LogP contribution is -2.29. The Hall–Kier alpha value is -2.89. The van der Waals surface area contributed by atoms with E-state index in [9.17, 15) is 0 Å². The van der Waals surface area contributed by atoms with E-state index in [4.69, 9.17) is 4.74 Å². The quantitative estimate of drug-likeness (QED) is 0.744. The molecular weight excluding hydrogens is 290 g/mol. The van der Waals surface area contributed by atoms with Crippen LogP contribution in [0.5, 0.6) is 5.75 Å². The van der Waals surface area contributed by atoms with Crippen molar-refractivity contribution < 1.29 is 4.74 Å². The van der Waals surface area contributed by atoms with Gasteiger partial charge in [0.05, 0.1) is 25.0 Å². The lowest BCUT2D eigenvalue weighted by Gasteiger charge is -2.25. The summed E-state index contributed by atoms with van der Waals surface area (Å²) in [5, 5.41) is 13.1. The predicted molar refractivity (Wildman–Crippen MR) is 87.0 cm³/mol. The topological polar surface area (TPSA) is 56.1 Å². The number of aromatic nitrogens is 4. The lowest BCUT2D eigenvalue weighted by molar-refractivity contribution is 0.313. The molecule has 0 fully saturated rings. The van der Waals surface area contributed by atoms with Gasteiger partial charge in [-0.1, -0.05) is 30.3 Å². The largest absolute Gasteiger partial charge is 0.486 e. The summed E-state index contributed by atoms with van der Waals surface area (Å²) < 4.78 is 7.65. The molecule has 0 atom stereocenters. The fourth-order valence-electron chi connectivity index (χ4n) is 2.64. The molecule has 0 saturated carbocycles. The van der Waals surface area contributed by atoms with Gasteiger partial charge in [0.15, 0.2) is 17.4 Å². The van der Waals surface area contributed by atoms with Crippen molar-refractivity contribution in [1.29, 1.82) is 0 Å². The average Bonchev–Trinajstić information content (AvgIpc) is 2.99. The zero-order chi connectivity index (χ0) is 15.6. The number of fused-ring (bicyclic) bond motifs is 1. The molecule has 1 aliphatic rings. The molecule has 0 amide bonds. The van der Waals surface area contributed by atoms with Gasteiger partial charge in [-0.25, -0.2) is 0 Å². The van der Waals surface area contributed by atoms with Crippen LogP contribution in [0.4, 0.5) is 11.6 Å². The van der Waals surface area contributed by atoms with Gasteiger partial charge in [0.1, 0.15) is 6.61 Å². The van der Waals surface area contributed by atoms with Gasteiger partial charge in [-0.2, -0.15) is 10.2 Å². The predicted octanol–water partition coefficient (Wildman–Crippen LogP) is 2.56.